The van der Waals surface area contributed by atoms with Crippen molar-refractivity contribution in [2.75, 3.05) is 31.1 Å². The lowest BCUT2D eigenvalue weighted by molar-refractivity contribution is 0.0697. The first-order valence-corrected chi connectivity index (χ1v) is 11.0. The predicted octanol–water partition coefficient (Wildman–Crippen LogP) is 3.44. The Morgan fingerprint density at radius 1 is 0.828 bits per heavy atom. The van der Waals surface area contributed by atoms with Gasteiger partial charge in [0.2, 0.25) is 10.0 Å². The second-order valence-corrected chi connectivity index (χ2v) is 9.04. The molecule has 0 unspecified atom stereocenters. The van der Waals surface area contributed by atoms with Gasteiger partial charge in [0.1, 0.15) is 0 Å². The molecule has 1 fully saturated rings. The van der Waals surface area contributed by atoms with Crippen LogP contribution in [0.4, 0.5) is 5.69 Å². The van der Waals surface area contributed by atoms with Crippen LogP contribution in [0.1, 0.15) is 16.8 Å². The van der Waals surface area contributed by atoms with Crippen LogP contribution in [0, 0.1) is 0 Å². The van der Waals surface area contributed by atoms with Crippen molar-refractivity contribution in [1.82, 2.24) is 4.31 Å². The van der Waals surface area contributed by atoms with E-state index in [1.807, 2.05) is 30.3 Å². The molecule has 0 saturated carbocycles. The fraction of sp³-hybridized carbons (Fsp3) is 0.227. The van der Waals surface area contributed by atoms with E-state index in [-0.39, 0.29) is 5.56 Å². The Labute approximate surface area is 170 Å². The van der Waals surface area contributed by atoms with Crippen molar-refractivity contribution >= 4 is 32.5 Å². The van der Waals surface area contributed by atoms with Gasteiger partial charge in [-0.05, 0) is 53.6 Å². The second-order valence-electron chi connectivity index (χ2n) is 7.11. The van der Waals surface area contributed by atoms with Crippen LogP contribution in [0.2, 0.25) is 0 Å². The Hall–Kier alpha value is -2.90. The summed E-state index contributed by atoms with van der Waals surface area (Å²) in [6.07, 6.45) is 0.702. The normalized spacial score (nSPS) is 15.9. The largest absolute Gasteiger partial charge is 0.478 e. The molecule has 3 aromatic carbocycles. The average Bonchev–Trinajstić information content (AvgIpc) is 3.00. The van der Waals surface area contributed by atoms with Crippen molar-refractivity contribution in [3.63, 3.8) is 0 Å². The zero-order valence-electron chi connectivity index (χ0n) is 15.9. The number of carboxylic acid groups (broad SMARTS) is 1. The number of carbonyl (C=O) groups is 1. The molecule has 0 aliphatic carbocycles. The third kappa shape index (κ3) is 3.97. The number of carboxylic acids is 1. The van der Waals surface area contributed by atoms with Gasteiger partial charge in [-0.25, -0.2) is 13.2 Å². The van der Waals surface area contributed by atoms with Crippen LogP contribution in [-0.2, 0) is 10.0 Å². The average molecular weight is 410 g/mol. The first-order valence-electron chi connectivity index (χ1n) is 9.52. The van der Waals surface area contributed by atoms with E-state index in [2.05, 4.69) is 4.90 Å². The van der Waals surface area contributed by atoms with E-state index in [9.17, 15) is 13.2 Å². The van der Waals surface area contributed by atoms with E-state index in [1.165, 1.54) is 0 Å². The maximum atomic E-state index is 13.2. The predicted molar refractivity (Wildman–Crippen MR) is 113 cm³/mol. The van der Waals surface area contributed by atoms with Gasteiger partial charge in [0.25, 0.3) is 0 Å². The number of hydrogen-bond donors (Lipinski definition) is 1. The molecule has 0 spiro atoms. The van der Waals surface area contributed by atoms with Crippen LogP contribution in [0.5, 0.6) is 0 Å². The van der Waals surface area contributed by atoms with E-state index in [0.29, 0.717) is 31.0 Å². The summed E-state index contributed by atoms with van der Waals surface area (Å²) in [7, 11) is -3.57. The molecule has 0 atom stereocenters. The van der Waals surface area contributed by atoms with E-state index in [0.717, 1.165) is 23.0 Å². The lowest BCUT2D eigenvalue weighted by Crippen LogP contribution is -2.35. The van der Waals surface area contributed by atoms with Crippen molar-refractivity contribution in [3.05, 3.63) is 72.3 Å². The van der Waals surface area contributed by atoms with E-state index < -0.39 is 16.0 Å². The minimum atomic E-state index is -3.57. The summed E-state index contributed by atoms with van der Waals surface area (Å²) in [5.41, 5.74) is 1.14. The van der Waals surface area contributed by atoms with Crippen molar-refractivity contribution < 1.29 is 18.3 Å². The van der Waals surface area contributed by atoms with Gasteiger partial charge in [-0.2, -0.15) is 4.31 Å². The molecule has 6 nitrogen and oxygen atoms in total. The van der Waals surface area contributed by atoms with Gasteiger partial charge >= 0.3 is 5.97 Å². The molecule has 7 heteroatoms. The number of fused-ring (bicyclic) bond motifs is 1. The molecule has 0 aromatic heterocycles. The second kappa shape index (κ2) is 7.85. The first kappa shape index (κ1) is 19.4. The maximum Gasteiger partial charge on any atom is 0.335 e. The topological polar surface area (TPSA) is 77.9 Å². The third-order valence-corrected chi connectivity index (χ3v) is 7.19. The molecule has 0 radical (unpaired) electrons. The van der Waals surface area contributed by atoms with Crippen LogP contribution in [0.25, 0.3) is 10.8 Å². The highest BCUT2D eigenvalue weighted by atomic mass is 32.2. The molecule has 29 heavy (non-hydrogen) atoms. The van der Waals surface area contributed by atoms with Gasteiger partial charge in [-0.15, -0.1) is 0 Å². The summed E-state index contributed by atoms with van der Waals surface area (Å²) < 4.78 is 27.9. The first-order chi connectivity index (χ1) is 13.9. The van der Waals surface area contributed by atoms with Crippen molar-refractivity contribution in [2.24, 2.45) is 0 Å². The zero-order chi connectivity index (χ0) is 20.4. The van der Waals surface area contributed by atoms with E-state index in [4.69, 9.17) is 5.11 Å². The van der Waals surface area contributed by atoms with Crippen molar-refractivity contribution in [3.8, 4) is 0 Å². The number of anilines is 1. The van der Waals surface area contributed by atoms with Gasteiger partial charge in [0.05, 0.1) is 10.5 Å². The van der Waals surface area contributed by atoms with Crippen LogP contribution in [0.15, 0.2) is 71.6 Å². The quantitative estimate of drug-likeness (QED) is 0.713. The minimum Gasteiger partial charge on any atom is -0.478 e. The standard InChI is InChI=1S/C22H22N2O4S/c25-22(26)18-6-9-20(10-7-18)23-12-3-13-24(15-14-23)29(27,28)21-11-8-17-4-1-2-5-19(17)16-21/h1-2,4-11,16H,3,12-15H2,(H,25,26). The van der Waals surface area contributed by atoms with Crippen LogP contribution >= 0.6 is 0 Å². The van der Waals surface area contributed by atoms with E-state index >= 15 is 0 Å². The highest BCUT2D eigenvalue weighted by molar-refractivity contribution is 7.89. The summed E-state index contributed by atoms with van der Waals surface area (Å²) in [5.74, 6) is -0.958. The Kier molecular flexibility index (Phi) is 5.25. The zero-order valence-corrected chi connectivity index (χ0v) is 16.7. The number of benzene rings is 3. The summed E-state index contributed by atoms with van der Waals surface area (Å²) in [5, 5.41) is 11.0. The van der Waals surface area contributed by atoms with Crippen LogP contribution in [0.3, 0.4) is 0 Å². The number of aromatic carboxylic acids is 1. The molecule has 3 aromatic rings. The summed E-state index contributed by atoms with van der Waals surface area (Å²) in [6, 6.07) is 19.7. The fourth-order valence-electron chi connectivity index (χ4n) is 3.68. The number of nitrogens with zero attached hydrogens (tertiary/aromatic N) is 2. The highest BCUT2D eigenvalue weighted by Crippen LogP contribution is 2.24. The molecular formula is C22H22N2O4S. The minimum absolute atomic E-state index is 0.240. The van der Waals surface area contributed by atoms with Crippen molar-refractivity contribution in [1.29, 1.82) is 0 Å². The molecule has 1 N–H and O–H groups in total. The molecule has 1 aliphatic rings. The van der Waals surface area contributed by atoms with E-state index in [1.54, 1.807) is 40.7 Å². The summed E-state index contributed by atoms with van der Waals surface area (Å²) in [4.78, 5) is 13.4. The third-order valence-electron chi connectivity index (χ3n) is 5.29. The van der Waals surface area contributed by atoms with Gasteiger partial charge in [0, 0.05) is 31.9 Å². The molecular weight excluding hydrogens is 388 g/mol. The monoisotopic (exact) mass is 410 g/mol. The maximum absolute atomic E-state index is 13.2. The van der Waals surface area contributed by atoms with Crippen LogP contribution in [-0.4, -0.2) is 50.0 Å². The Balaban J connectivity index is 1.52. The SMILES string of the molecule is O=C(O)c1ccc(N2CCCN(S(=O)(=O)c3ccc4ccccc4c3)CC2)cc1. The highest BCUT2D eigenvalue weighted by Gasteiger charge is 2.27. The molecule has 150 valence electrons. The Morgan fingerprint density at radius 3 is 2.28 bits per heavy atom. The van der Waals surface area contributed by atoms with Crippen LogP contribution < -0.4 is 4.90 Å². The summed E-state index contributed by atoms with van der Waals surface area (Å²) >= 11 is 0. The van der Waals surface area contributed by atoms with Gasteiger partial charge < -0.3 is 10.0 Å². The summed E-state index contributed by atoms with van der Waals surface area (Å²) in [6.45, 7) is 2.12. The fourth-order valence-corrected chi connectivity index (χ4v) is 5.19. The molecule has 0 bridgehead atoms. The lowest BCUT2D eigenvalue weighted by atomic mass is 10.1. The number of hydrogen-bond acceptors (Lipinski definition) is 4. The Bertz CT molecular complexity index is 1140. The number of rotatable bonds is 4. The van der Waals surface area contributed by atoms with Gasteiger partial charge in [0.15, 0.2) is 0 Å². The molecule has 0 amide bonds. The smallest absolute Gasteiger partial charge is 0.335 e. The molecule has 4 rings (SSSR count). The Morgan fingerprint density at radius 2 is 1.55 bits per heavy atom. The van der Waals surface area contributed by atoms with Crippen molar-refractivity contribution in [2.45, 2.75) is 11.3 Å². The van der Waals surface area contributed by atoms with Gasteiger partial charge in [-0.1, -0.05) is 30.3 Å². The molecule has 1 saturated heterocycles. The lowest BCUT2D eigenvalue weighted by Gasteiger charge is -2.23. The number of sulfonamides is 1. The van der Waals surface area contributed by atoms with Gasteiger partial charge in [-0.3, -0.25) is 0 Å². The molecule has 1 heterocycles. The molecule has 1 aliphatic heterocycles.